The van der Waals surface area contributed by atoms with E-state index in [9.17, 15) is 4.79 Å². The monoisotopic (exact) mass is 371 g/mol. The maximum atomic E-state index is 12.0. The average molecular weight is 371 g/mol. The molecule has 1 aromatic carbocycles. The number of piperazine rings is 1. The second kappa shape index (κ2) is 8.57. The highest BCUT2D eigenvalue weighted by molar-refractivity contribution is 5.96. The third-order valence-corrected chi connectivity index (χ3v) is 5.03. The second-order valence-corrected chi connectivity index (χ2v) is 7.20. The lowest BCUT2D eigenvalue weighted by Crippen LogP contribution is -2.42. The highest BCUT2D eigenvalue weighted by Crippen LogP contribution is 2.27. The Kier molecular flexibility index (Phi) is 6.16. The topological polar surface area (TPSA) is 58.3 Å². The van der Waals surface area contributed by atoms with Gasteiger partial charge in [-0.3, -0.25) is 5.01 Å². The molecule has 0 radical (unpaired) electrons. The molecular formula is C21H29N3O3. The number of carbonyl (C=O) groups excluding carboxylic acids is 1. The summed E-state index contributed by atoms with van der Waals surface area (Å²) in [5.41, 5.74) is 3.93. The predicted molar refractivity (Wildman–Crippen MR) is 107 cm³/mol. The number of hydrogen-bond donors (Lipinski definition) is 0. The van der Waals surface area contributed by atoms with Gasteiger partial charge in [0.2, 0.25) is 5.76 Å². The molecule has 0 unspecified atom stereocenters. The van der Waals surface area contributed by atoms with Crippen molar-refractivity contribution < 1.29 is 13.9 Å². The van der Waals surface area contributed by atoms with Crippen LogP contribution in [0.3, 0.4) is 0 Å². The zero-order chi connectivity index (χ0) is 19.4. The lowest BCUT2D eigenvalue weighted by atomic mass is 10.0. The normalized spacial score (nSPS) is 16.1. The van der Waals surface area contributed by atoms with E-state index in [1.807, 2.05) is 13.0 Å². The Morgan fingerprint density at radius 1 is 1.26 bits per heavy atom. The fourth-order valence-corrected chi connectivity index (χ4v) is 3.33. The van der Waals surface area contributed by atoms with E-state index in [2.05, 4.69) is 36.0 Å². The van der Waals surface area contributed by atoms with Gasteiger partial charge in [0.15, 0.2) is 0 Å². The summed E-state index contributed by atoms with van der Waals surface area (Å²) >= 11 is 0. The van der Waals surface area contributed by atoms with Crippen molar-refractivity contribution in [3.05, 3.63) is 35.1 Å². The largest absolute Gasteiger partial charge is 0.460 e. The number of hydrogen-bond acceptors (Lipinski definition) is 6. The SMILES string of the molecule is CCOC(=O)c1oc2ccc(CC/C(C)=N/N3CCN(C)CC3)cc2c1C. The zero-order valence-electron chi connectivity index (χ0n) is 16.7. The molecule has 0 bridgehead atoms. The van der Waals surface area contributed by atoms with Gasteiger partial charge in [0, 0.05) is 42.8 Å². The summed E-state index contributed by atoms with van der Waals surface area (Å²) < 4.78 is 10.8. The highest BCUT2D eigenvalue weighted by Gasteiger charge is 2.19. The molecule has 2 heterocycles. The van der Waals surface area contributed by atoms with Crippen LogP contribution in [0.4, 0.5) is 0 Å². The van der Waals surface area contributed by atoms with E-state index in [4.69, 9.17) is 14.3 Å². The molecule has 1 aliphatic rings. The Labute approximate surface area is 160 Å². The van der Waals surface area contributed by atoms with Crippen LogP contribution in [-0.2, 0) is 11.2 Å². The standard InChI is InChI=1S/C21H29N3O3/c1-5-26-21(25)20-16(3)18-14-17(8-9-19(18)27-20)7-6-15(2)22-24-12-10-23(4)11-13-24/h8-9,14H,5-7,10-13H2,1-4H3/b22-15+. The van der Waals surface area contributed by atoms with E-state index in [0.717, 1.165) is 61.3 Å². The minimum Gasteiger partial charge on any atom is -0.460 e. The van der Waals surface area contributed by atoms with Crippen molar-refractivity contribution >= 4 is 22.7 Å². The number of furan rings is 1. The van der Waals surface area contributed by atoms with Gasteiger partial charge in [-0.15, -0.1) is 0 Å². The van der Waals surface area contributed by atoms with Crippen LogP contribution in [0.2, 0.25) is 0 Å². The summed E-state index contributed by atoms with van der Waals surface area (Å²) in [5, 5.41) is 7.90. The van der Waals surface area contributed by atoms with Crippen molar-refractivity contribution in [1.29, 1.82) is 0 Å². The zero-order valence-corrected chi connectivity index (χ0v) is 16.7. The molecule has 0 amide bonds. The maximum Gasteiger partial charge on any atom is 0.374 e. The van der Waals surface area contributed by atoms with Crippen LogP contribution in [0.15, 0.2) is 27.7 Å². The number of fused-ring (bicyclic) bond motifs is 1. The van der Waals surface area contributed by atoms with Gasteiger partial charge < -0.3 is 14.1 Å². The average Bonchev–Trinajstić information content (AvgIpc) is 2.99. The third kappa shape index (κ3) is 4.69. The summed E-state index contributed by atoms with van der Waals surface area (Å²) in [6.45, 7) is 10.2. The number of aryl methyl sites for hydroxylation is 2. The molecule has 0 aliphatic carbocycles. The quantitative estimate of drug-likeness (QED) is 0.575. The van der Waals surface area contributed by atoms with Crippen molar-refractivity contribution in [3.8, 4) is 0 Å². The van der Waals surface area contributed by atoms with Crippen molar-refractivity contribution in [2.45, 2.75) is 33.6 Å². The first-order valence-electron chi connectivity index (χ1n) is 9.64. The predicted octanol–water partition coefficient (Wildman–Crippen LogP) is 3.47. The van der Waals surface area contributed by atoms with E-state index in [-0.39, 0.29) is 0 Å². The first kappa shape index (κ1) is 19.4. The summed E-state index contributed by atoms with van der Waals surface area (Å²) in [4.78, 5) is 14.3. The number of likely N-dealkylation sites (N-methyl/N-ethyl adjacent to an activating group) is 1. The van der Waals surface area contributed by atoms with Crippen LogP contribution >= 0.6 is 0 Å². The van der Waals surface area contributed by atoms with Gasteiger partial charge in [-0.25, -0.2) is 4.79 Å². The van der Waals surface area contributed by atoms with Crippen molar-refractivity contribution in [2.75, 3.05) is 39.8 Å². The molecule has 0 atom stereocenters. The van der Waals surface area contributed by atoms with Gasteiger partial charge in [-0.1, -0.05) is 6.07 Å². The van der Waals surface area contributed by atoms with E-state index in [1.165, 1.54) is 5.56 Å². The molecular weight excluding hydrogens is 342 g/mol. The fourth-order valence-electron chi connectivity index (χ4n) is 3.33. The number of nitrogens with zero attached hydrogens (tertiary/aromatic N) is 3. The van der Waals surface area contributed by atoms with E-state index in [0.29, 0.717) is 12.4 Å². The number of ether oxygens (including phenoxy) is 1. The summed E-state index contributed by atoms with van der Waals surface area (Å²) in [5.74, 6) is -0.0975. The maximum absolute atomic E-state index is 12.0. The minimum absolute atomic E-state index is 0.303. The van der Waals surface area contributed by atoms with Crippen LogP contribution in [-0.4, -0.2) is 61.4 Å². The minimum atomic E-state index is -0.400. The van der Waals surface area contributed by atoms with Gasteiger partial charge in [-0.05, 0) is 58.4 Å². The van der Waals surface area contributed by atoms with E-state index >= 15 is 0 Å². The van der Waals surface area contributed by atoms with Crippen LogP contribution in [0.1, 0.15) is 41.9 Å². The second-order valence-electron chi connectivity index (χ2n) is 7.20. The third-order valence-electron chi connectivity index (χ3n) is 5.03. The van der Waals surface area contributed by atoms with Gasteiger partial charge in [0.1, 0.15) is 5.58 Å². The summed E-state index contributed by atoms with van der Waals surface area (Å²) in [6, 6.07) is 6.11. The molecule has 6 nitrogen and oxygen atoms in total. The molecule has 2 aromatic rings. The Morgan fingerprint density at radius 2 is 2.00 bits per heavy atom. The smallest absolute Gasteiger partial charge is 0.374 e. The number of esters is 1. The van der Waals surface area contributed by atoms with Crippen LogP contribution < -0.4 is 0 Å². The first-order chi connectivity index (χ1) is 13.0. The molecule has 0 saturated carbocycles. The molecule has 3 rings (SSSR count). The highest BCUT2D eigenvalue weighted by atomic mass is 16.5. The van der Waals surface area contributed by atoms with Crippen molar-refractivity contribution in [3.63, 3.8) is 0 Å². The molecule has 0 N–H and O–H groups in total. The van der Waals surface area contributed by atoms with Crippen LogP contribution in [0, 0.1) is 6.92 Å². The number of rotatable bonds is 6. The Morgan fingerprint density at radius 3 is 2.70 bits per heavy atom. The number of carbonyl (C=O) groups is 1. The van der Waals surface area contributed by atoms with Gasteiger partial charge in [-0.2, -0.15) is 5.10 Å². The van der Waals surface area contributed by atoms with E-state index < -0.39 is 5.97 Å². The molecule has 0 spiro atoms. The first-order valence-corrected chi connectivity index (χ1v) is 9.64. The van der Waals surface area contributed by atoms with Gasteiger partial charge in [0.05, 0.1) is 6.61 Å². The Balaban J connectivity index is 1.66. The van der Waals surface area contributed by atoms with Gasteiger partial charge >= 0.3 is 5.97 Å². The van der Waals surface area contributed by atoms with Crippen molar-refractivity contribution in [1.82, 2.24) is 9.91 Å². The van der Waals surface area contributed by atoms with Gasteiger partial charge in [0.25, 0.3) is 0 Å². The Bertz CT molecular complexity index is 833. The molecule has 1 fully saturated rings. The lowest BCUT2D eigenvalue weighted by Gasteiger charge is -2.30. The molecule has 146 valence electrons. The van der Waals surface area contributed by atoms with Crippen LogP contribution in [0.25, 0.3) is 11.0 Å². The van der Waals surface area contributed by atoms with Crippen LogP contribution in [0.5, 0.6) is 0 Å². The number of benzene rings is 1. The number of hydrazone groups is 1. The Hall–Kier alpha value is -2.34. The molecule has 1 aliphatic heterocycles. The molecule has 1 aromatic heterocycles. The van der Waals surface area contributed by atoms with Crippen molar-refractivity contribution in [2.24, 2.45) is 5.10 Å². The molecule has 1 saturated heterocycles. The summed E-state index contributed by atoms with van der Waals surface area (Å²) in [6.07, 6.45) is 1.83. The summed E-state index contributed by atoms with van der Waals surface area (Å²) in [7, 11) is 2.15. The molecule has 6 heteroatoms. The fraction of sp³-hybridized carbons (Fsp3) is 0.524. The van der Waals surface area contributed by atoms with E-state index in [1.54, 1.807) is 6.92 Å². The lowest BCUT2D eigenvalue weighted by molar-refractivity contribution is 0.0491. The molecule has 27 heavy (non-hydrogen) atoms.